The minimum Gasteiger partial charge on any atom is -0.393 e. The number of hydrogen-bond donors (Lipinski definition) is 3. The second-order valence-corrected chi connectivity index (χ2v) is 5.98. The molecule has 0 unspecified atom stereocenters. The quantitative estimate of drug-likeness (QED) is 0.705. The van der Waals surface area contributed by atoms with E-state index in [4.69, 9.17) is 11.5 Å². The topological polar surface area (TPSA) is 78.4 Å². The van der Waals surface area contributed by atoms with Gasteiger partial charge >= 0.3 is 0 Å². The molecule has 0 heterocycles. The average Bonchev–Trinajstić information content (AvgIpc) is 2.49. The molecule has 0 radical (unpaired) electrons. The minimum absolute atomic E-state index is 0.0173. The van der Waals surface area contributed by atoms with Crippen LogP contribution in [0.1, 0.15) is 36.7 Å². The molecule has 0 aliphatic heterocycles. The number of amides is 2. The molecule has 1 atom stereocenters. The van der Waals surface area contributed by atoms with Crippen LogP contribution in [0.25, 0.3) is 0 Å². The predicted molar refractivity (Wildman–Crippen MR) is 85.3 cm³/mol. The van der Waals surface area contributed by atoms with Gasteiger partial charge in [0, 0.05) is 5.56 Å². The van der Waals surface area contributed by atoms with Gasteiger partial charge in [-0.05, 0) is 23.1 Å². The second-order valence-electron chi connectivity index (χ2n) is 5.98. The molecule has 22 heavy (non-hydrogen) atoms. The van der Waals surface area contributed by atoms with Crippen LogP contribution in [0.3, 0.4) is 0 Å². The van der Waals surface area contributed by atoms with Gasteiger partial charge in [-0.3, -0.25) is 9.59 Å². The summed E-state index contributed by atoms with van der Waals surface area (Å²) < 4.78 is 0. The number of terminal acetylenes is 1. The van der Waals surface area contributed by atoms with Gasteiger partial charge < -0.3 is 15.7 Å². The highest BCUT2D eigenvalue weighted by atomic mass is 16.3. The minimum atomic E-state index is -0.740. The molecule has 0 bridgehead atoms. The summed E-state index contributed by atoms with van der Waals surface area (Å²) in [6.45, 7) is 5.74. The SMILES string of the molecule is C#C[C@@H](CO)NC(=O)CNC(=O)c1ccc(C(C)(C)C)cc1. The standard InChI is InChI=1S/C17H22N2O3/c1-5-14(11-20)19-15(21)10-18-16(22)12-6-8-13(9-7-12)17(2,3)4/h1,6-9,14,20H,10-11H2,2-4H3,(H,18,22)(H,19,21)/t14-/m0/s1. The lowest BCUT2D eigenvalue weighted by molar-refractivity contribution is -0.120. The molecule has 0 aromatic heterocycles. The van der Waals surface area contributed by atoms with E-state index in [0.29, 0.717) is 5.56 Å². The van der Waals surface area contributed by atoms with E-state index in [-0.39, 0.29) is 24.5 Å². The van der Waals surface area contributed by atoms with Crippen molar-refractivity contribution in [1.29, 1.82) is 0 Å². The first kappa shape index (κ1) is 17.7. The van der Waals surface area contributed by atoms with Crippen molar-refractivity contribution >= 4 is 11.8 Å². The third-order valence-corrected chi connectivity index (χ3v) is 3.14. The molecule has 0 aliphatic rings. The van der Waals surface area contributed by atoms with Gasteiger partial charge in [-0.1, -0.05) is 38.8 Å². The zero-order valence-corrected chi connectivity index (χ0v) is 13.1. The van der Waals surface area contributed by atoms with E-state index in [9.17, 15) is 9.59 Å². The van der Waals surface area contributed by atoms with Crippen molar-refractivity contribution in [2.45, 2.75) is 32.2 Å². The van der Waals surface area contributed by atoms with Gasteiger partial charge in [0.05, 0.1) is 13.2 Å². The van der Waals surface area contributed by atoms with E-state index < -0.39 is 11.9 Å². The molecule has 1 aromatic carbocycles. The molecule has 118 valence electrons. The summed E-state index contributed by atoms with van der Waals surface area (Å²) in [5, 5.41) is 13.8. The molecule has 0 saturated carbocycles. The van der Waals surface area contributed by atoms with Crippen molar-refractivity contribution < 1.29 is 14.7 Å². The molecule has 0 saturated heterocycles. The molecule has 0 spiro atoms. The van der Waals surface area contributed by atoms with Crippen molar-refractivity contribution in [3.05, 3.63) is 35.4 Å². The smallest absolute Gasteiger partial charge is 0.251 e. The maximum atomic E-state index is 12.0. The van der Waals surface area contributed by atoms with Crippen molar-refractivity contribution in [2.24, 2.45) is 0 Å². The predicted octanol–water partition coefficient (Wildman–Crippen LogP) is 0.824. The Morgan fingerprint density at radius 1 is 1.27 bits per heavy atom. The summed E-state index contributed by atoms with van der Waals surface area (Å²) in [6.07, 6.45) is 5.12. The van der Waals surface area contributed by atoms with Gasteiger partial charge in [-0.25, -0.2) is 0 Å². The normalized spacial score (nSPS) is 12.1. The Labute approximate surface area is 131 Å². The van der Waals surface area contributed by atoms with Crippen LogP contribution in [0.4, 0.5) is 0 Å². The third-order valence-electron chi connectivity index (χ3n) is 3.14. The number of carbonyl (C=O) groups excluding carboxylic acids is 2. The lowest BCUT2D eigenvalue weighted by Crippen LogP contribution is -2.42. The molecule has 2 amide bonds. The number of carbonyl (C=O) groups is 2. The van der Waals surface area contributed by atoms with Gasteiger partial charge in [0.1, 0.15) is 6.04 Å². The van der Waals surface area contributed by atoms with Gasteiger partial charge in [0.25, 0.3) is 5.91 Å². The first-order valence-corrected chi connectivity index (χ1v) is 7.03. The maximum absolute atomic E-state index is 12.0. The largest absolute Gasteiger partial charge is 0.393 e. The molecule has 3 N–H and O–H groups in total. The molecule has 0 aliphatic carbocycles. The van der Waals surface area contributed by atoms with Crippen LogP contribution < -0.4 is 10.6 Å². The van der Waals surface area contributed by atoms with Crippen LogP contribution >= 0.6 is 0 Å². The summed E-state index contributed by atoms with van der Waals surface area (Å²) in [7, 11) is 0. The molecule has 1 aromatic rings. The highest BCUT2D eigenvalue weighted by Crippen LogP contribution is 2.22. The number of benzene rings is 1. The summed E-state index contributed by atoms with van der Waals surface area (Å²) in [6, 6.07) is 6.51. The summed E-state index contributed by atoms with van der Waals surface area (Å²) in [4.78, 5) is 23.5. The molecular weight excluding hydrogens is 280 g/mol. The fraction of sp³-hybridized carbons (Fsp3) is 0.412. The van der Waals surface area contributed by atoms with Crippen molar-refractivity contribution in [1.82, 2.24) is 10.6 Å². The van der Waals surface area contributed by atoms with Crippen LogP contribution in [-0.4, -0.2) is 36.1 Å². The summed E-state index contributed by atoms with van der Waals surface area (Å²) in [5.74, 6) is 1.44. The zero-order valence-electron chi connectivity index (χ0n) is 13.1. The fourth-order valence-corrected chi connectivity index (χ4v) is 1.77. The molecule has 0 fully saturated rings. The lowest BCUT2D eigenvalue weighted by atomic mass is 9.87. The Balaban J connectivity index is 2.56. The van der Waals surface area contributed by atoms with Crippen LogP contribution in [0.5, 0.6) is 0 Å². The van der Waals surface area contributed by atoms with Crippen molar-refractivity contribution in [3.63, 3.8) is 0 Å². The Kier molecular flexibility index (Phi) is 6.14. The van der Waals surface area contributed by atoms with E-state index >= 15 is 0 Å². The molecule has 1 rings (SSSR count). The molecule has 5 nitrogen and oxygen atoms in total. The van der Waals surface area contributed by atoms with E-state index in [1.165, 1.54) is 0 Å². The zero-order chi connectivity index (χ0) is 16.8. The fourth-order valence-electron chi connectivity index (χ4n) is 1.77. The van der Waals surface area contributed by atoms with Crippen LogP contribution in [0.15, 0.2) is 24.3 Å². The van der Waals surface area contributed by atoms with Gasteiger partial charge in [0.2, 0.25) is 5.91 Å². The Morgan fingerprint density at radius 2 is 1.86 bits per heavy atom. The maximum Gasteiger partial charge on any atom is 0.251 e. The monoisotopic (exact) mass is 302 g/mol. The Morgan fingerprint density at radius 3 is 2.32 bits per heavy atom. The van der Waals surface area contributed by atoms with E-state index in [0.717, 1.165) is 5.56 Å². The van der Waals surface area contributed by atoms with E-state index in [2.05, 4.69) is 37.3 Å². The lowest BCUT2D eigenvalue weighted by Gasteiger charge is -2.19. The van der Waals surface area contributed by atoms with E-state index in [1.807, 2.05) is 12.1 Å². The van der Waals surface area contributed by atoms with Gasteiger partial charge in [0.15, 0.2) is 0 Å². The number of aliphatic hydroxyl groups is 1. The number of aliphatic hydroxyl groups excluding tert-OH is 1. The number of nitrogens with one attached hydrogen (secondary N) is 2. The van der Waals surface area contributed by atoms with Crippen molar-refractivity contribution in [3.8, 4) is 12.3 Å². The molecular formula is C17H22N2O3. The summed E-state index contributed by atoms with van der Waals surface area (Å²) in [5.41, 5.74) is 1.63. The van der Waals surface area contributed by atoms with Gasteiger partial charge in [-0.15, -0.1) is 6.42 Å². The van der Waals surface area contributed by atoms with E-state index in [1.54, 1.807) is 12.1 Å². The number of hydrogen-bond acceptors (Lipinski definition) is 3. The number of rotatable bonds is 5. The average molecular weight is 302 g/mol. The summed E-state index contributed by atoms with van der Waals surface area (Å²) >= 11 is 0. The highest BCUT2D eigenvalue weighted by molar-refractivity contribution is 5.96. The van der Waals surface area contributed by atoms with Gasteiger partial charge in [-0.2, -0.15) is 0 Å². The molecule has 5 heteroatoms. The first-order chi connectivity index (χ1) is 10.3. The van der Waals surface area contributed by atoms with Crippen LogP contribution in [0.2, 0.25) is 0 Å². The first-order valence-electron chi connectivity index (χ1n) is 7.03. The van der Waals surface area contributed by atoms with Crippen LogP contribution in [-0.2, 0) is 10.2 Å². The Hall–Kier alpha value is -2.32. The van der Waals surface area contributed by atoms with Crippen molar-refractivity contribution in [2.75, 3.05) is 13.2 Å². The Bertz CT molecular complexity index is 565. The third kappa shape index (κ3) is 5.23. The highest BCUT2D eigenvalue weighted by Gasteiger charge is 2.15. The van der Waals surface area contributed by atoms with Crippen LogP contribution in [0, 0.1) is 12.3 Å². The second kappa shape index (κ2) is 7.62.